The van der Waals surface area contributed by atoms with E-state index in [2.05, 4.69) is 16.6 Å². The van der Waals surface area contributed by atoms with Crippen LogP contribution in [0, 0.1) is 0 Å². The van der Waals surface area contributed by atoms with Gasteiger partial charge in [-0.15, -0.1) is 0 Å². The molecule has 0 heterocycles. The number of allylic oxidation sites excluding steroid dienone is 2. The summed E-state index contributed by atoms with van der Waals surface area (Å²) in [7, 11) is 0. The Morgan fingerprint density at radius 2 is 2.44 bits per heavy atom. The van der Waals surface area contributed by atoms with E-state index in [0.717, 1.165) is 6.42 Å². The van der Waals surface area contributed by atoms with Gasteiger partial charge in [-0.05, 0) is 12.0 Å². The van der Waals surface area contributed by atoms with Crippen LogP contribution in [0.2, 0.25) is 0 Å². The van der Waals surface area contributed by atoms with Gasteiger partial charge in [-0.1, -0.05) is 29.9 Å². The molecule has 0 unspecified atom stereocenters. The standard InChI is InChI=1S/C6H9N3/c1-2-3-4-5-6-8-9-7/h2-4H,1,5-6H2/b4-3+. The van der Waals surface area contributed by atoms with Crippen molar-refractivity contribution in [1.82, 2.24) is 0 Å². The van der Waals surface area contributed by atoms with Gasteiger partial charge in [-0.3, -0.25) is 0 Å². The van der Waals surface area contributed by atoms with Crippen LogP contribution in [0.3, 0.4) is 0 Å². The van der Waals surface area contributed by atoms with Crippen molar-refractivity contribution in [2.45, 2.75) is 6.42 Å². The van der Waals surface area contributed by atoms with Crippen LogP contribution in [0.4, 0.5) is 0 Å². The third-order valence-corrected chi connectivity index (χ3v) is 0.731. The van der Waals surface area contributed by atoms with Crippen molar-refractivity contribution >= 4 is 0 Å². The first kappa shape index (κ1) is 7.79. The lowest BCUT2D eigenvalue weighted by Crippen LogP contribution is -1.70. The SMILES string of the molecule is C=C/C=C/CCN=[N+]=[N-]. The van der Waals surface area contributed by atoms with Crippen molar-refractivity contribution in [2.75, 3.05) is 6.54 Å². The number of rotatable bonds is 4. The minimum Gasteiger partial charge on any atom is -0.0991 e. The molecule has 48 valence electrons. The molecule has 0 radical (unpaired) electrons. The molecule has 0 aromatic rings. The maximum absolute atomic E-state index is 7.84. The zero-order chi connectivity index (χ0) is 6.95. The zero-order valence-electron chi connectivity index (χ0n) is 5.20. The van der Waals surface area contributed by atoms with Crippen molar-refractivity contribution in [3.63, 3.8) is 0 Å². The Morgan fingerprint density at radius 3 is 3.00 bits per heavy atom. The molecule has 3 nitrogen and oxygen atoms in total. The Labute approximate surface area is 54.3 Å². The summed E-state index contributed by atoms with van der Waals surface area (Å²) in [4.78, 5) is 2.60. The minimum atomic E-state index is 0.529. The molecule has 0 fully saturated rings. The van der Waals surface area contributed by atoms with E-state index in [4.69, 9.17) is 5.53 Å². The van der Waals surface area contributed by atoms with Crippen LogP contribution in [-0.2, 0) is 0 Å². The lowest BCUT2D eigenvalue weighted by molar-refractivity contribution is 0.992. The summed E-state index contributed by atoms with van der Waals surface area (Å²) in [5, 5.41) is 3.34. The zero-order valence-corrected chi connectivity index (χ0v) is 5.20. The fourth-order valence-electron chi connectivity index (χ4n) is 0.369. The fraction of sp³-hybridized carbons (Fsp3) is 0.333. The number of nitrogens with zero attached hydrogens (tertiary/aromatic N) is 3. The third-order valence-electron chi connectivity index (χ3n) is 0.731. The molecule has 0 aliphatic heterocycles. The molecular formula is C6H9N3. The van der Waals surface area contributed by atoms with Crippen molar-refractivity contribution < 1.29 is 0 Å². The van der Waals surface area contributed by atoms with Gasteiger partial charge in [-0.25, -0.2) is 0 Å². The number of azide groups is 1. The molecule has 0 bridgehead atoms. The van der Waals surface area contributed by atoms with E-state index in [0.29, 0.717) is 6.54 Å². The Morgan fingerprint density at radius 1 is 1.67 bits per heavy atom. The number of hydrogen-bond donors (Lipinski definition) is 0. The van der Waals surface area contributed by atoms with Gasteiger partial charge in [-0.2, -0.15) is 0 Å². The highest BCUT2D eigenvalue weighted by Gasteiger charge is 1.72. The van der Waals surface area contributed by atoms with Crippen molar-refractivity contribution in [2.24, 2.45) is 5.11 Å². The van der Waals surface area contributed by atoms with Crippen molar-refractivity contribution in [3.05, 3.63) is 35.2 Å². The van der Waals surface area contributed by atoms with Gasteiger partial charge >= 0.3 is 0 Å². The summed E-state index contributed by atoms with van der Waals surface area (Å²) >= 11 is 0. The predicted molar refractivity (Wildman–Crippen MR) is 38.0 cm³/mol. The normalized spacial score (nSPS) is 8.89. The highest BCUT2D eigenvalue weighted by atomic mass is 15.1. The van der Waals surface area contributed by atoms with Crippen molar-refractivity contribution in [3.8, 4) is 0 Å². The monoisotopic (exact) mass is 123 g/mol. The van der Waals surface area contributed by atoms with E-state index >= 15 is 0 Å². The average molecular weight is 123 g/mol. The molecule has 0 atom stereocenters. The first-order chi connectivity index (χ1) is 4.41. The minimum absolute atomic E-state index is 0.529. The maximum Gasteiger partial charge on any atom is 0.0292 e. The molecule has 0 amide bonds. The van der Waals surface area contributed by atoms with Crippen LogP contribution >= 0.6 is 0 Å². The molecule has 0 aliphatic carbocycles. The van der Waals surface area contributed by atoms with Gasteiger partial charge in [0, 0.05) is 11.5 Å². The van der Waals surface area contributed by atoms with Gasteiger partial charge < -0.3 is 0 Å². The summed E-state index contributed by atoms with van der Waals surface area (Å²) in [6.07, 6.45) is 6.21. The maximum atomic E-state index is 7.84. The first-order valence-corrected chi connectivity index (χ1v) is 2.70. The Bertz CT molecular complexity index is 142. The van der Waals surface area contributed by atoms with Crippen molar-refractivity contribution in [1.29, 1.82) is 0 Å². The third kappa shape index (κ3) is 6.79. The van der Waals surface area contributed by atoms with E-state index in [1.54, 1.807) is 6.08 Å². The Hall–Kier alpha value is -1.21. The molecule has 0 saturated heterocycles. The molecule has 0 spiro atoms. The summed E-state index contributed by atoms with van der Waals surface area (Å²) < 4.78 is 0. The topological polar surface area (TPSA) is 48.8 Å². The summed E-state index contributed by atoms with van der Waals surface area (Å²) in [5.41, 5.74) is 7.84. The molecule has 0 aromatic heterocycles. The molecule has 0 aliphatic rings. The summed E-state index contributed by atoms with van der Waals surface area (Å²) in [6.45, 7) is 4.02. The van der Waals surface area contributed by atoms with Gasteiger partial charge in [0.2, 0.25) is 0 Å². The van der Waals surface area contributed by atoms with Gasteiger partial charge in [0.15, 0.2) is 0 Å². The van der Waals surface area contributed by atoms with E-state index in [1.807, 2.05) is 12.2 Å². The van der Waals surface area contributed by atoms with Crippen LogP contribution in [0.15, 0.2) is 29.9 Å². The van der Waals surface area contributed by atoms with E-state index in [-0.39, 0.29) is 0 Å². The average Bonchev–Trinajstić information content (AvgIpc) is 1.89. The lowest BCUT2D eigenvalue weighted by atomic mass is 10.4. The smallest absolute Gasteiger partial charge is 0.0292 e. The first-order valence-electron chi connectivity index (χ1n) is 2.70. The molecule has 0 N–H and O–H groups in total. The molecule has 0 saturated carbocycles. The van der Waals surface area contributed by atoms with Gasteiger partial charge in [0.25, 0.3) is 0 Å². The van der Waals surface area contributed by atoms with Crippen LogP contribution in [0.1, 0.15) is 6.42 Å². The predicted octanol–water partition coefficient (Wildman–Crippen LogP) is 2.43. The second kappa shape index (κ2) is 6.79. The fourth-order valence-corrected chi connectivity index (χ4v) is 0.369. The second-order valence-electron chi connectivity index (χ2n) is 1.41. The van der Waals surface area contributed by atoms with Crippen LogP contribution in [0.25, 0.3) is 10.4 Å². The van der Waals surface area contributed by atoms with E-state index in [9.17, 15) is 0 Å². The van der Waals surface area contributed by atoms with E-state index in [1.165, 1.54) is 0 Å². The molecule has 9 heavy (non-hydrogen) atoms. The van der Waals surface area contributed by atoms with Crippen LogP contribution < -0.4 is 0 Å². The highest BCUT2D eigenvalue weighted by Crippen LogP contribution is 1.84. The molecule has 0 rings (SSSR count). The van der Waals surface area contributed by atoms with Gasteiger partial charge in [0.05, 0.1) is 0 Å². The quantitative estimate of drug-likeness (QED) is 0.181. The Balaban J connectivity index is 3.18. The van der Waals surface area contributed by atoms with Gasteiger partial charge in [0.1, 0.15) is 0 Å². The van der Waals surface area contributed by atoms with Crippen LogP contribution in [-0.4, -0.2) is 6.54 Å². The summed E-state index contributed by atoms with van der Waals surface area (Å²) in [5.74, 6) is 0. The highest BCUT2D eigenvalue weighted by molar-refractivity contribution is 4.97. The molecule has 3 heteroatoms. The molecular weight excluding hydrogens is 114 g/mol. The lowest BCUT2D eigenvalue weighted by Gasteiger charge is -1.78. The summed E-state index contributed by atoms with van der Waals surface area (Å²) in [6, 6.07) is 0. The second-order valence-corrected chi connectivity index (χ2v) is 1.41. The Kier molecular flexibility index (Phi) is 5.88. The van der Waals surface area contributed by atoms with E-state index < -0.39 is 0 Å². The molecule has 0 aromatic carbocycles. The largest absolute Gasteiger partial charge is 0.0991 e. The number of hydrogen-bond acceptors (Lipinski definition) is 1. The van der Waals surface area contributed by atoms with Crippen LogP contribution in [0.5, 0.6) is 0 Å².